The molecule has 4 heteroatoms. The fourth-order valence-electron chi connectivity index (χ4n) is 2.36. The van der Waals surface area contributed by atoms with Crippen LogP contribution in [0, 0.1) is 0 Å². The van der Waals surface area contributed by atoms with Crippen molar-refractivity contribution >= 4 is 0 Å². The molecule has 0 aliphatic carbocycles. The average molecular weight is 200 g/mol. The number of nitrogens with zero attached hydrogens (tertiary/aromatic N) is 1. The highest BCUT2D eigenvalue weighted by atomic mass is 16.5. The second kappa shape index (κ2) is 4.57. The van der Waals surface area contributed by atoms with Gasteiger partial charge in [0.05, 0.1) is 18.8 Å². The van der Waals surface area contributed by atoms with Gasteiger partial charge in [0.15, 0.2) is 0 Å². The van der Waals surface area contributed by atoms with Crippen molar-refractivity contribution in [3.63, 3.8) is 0 Å². The van der Waals surface area contributed by atoms with E-state index < -0.39 is 0 Å². The molecule has 0 aromatic heterocycles. The molecule has 2 aliphatic rings. The number of rotatable bonds is 2. The van der Waals surface area contributed by atoms with Crippen LogP contribution in [0.1, 0.15) is 12.8 Å². The van der Waals surface area contributed by atoms with E-state index in [1.807, 2.05) is 0 Å². The van der Waals surface area contributed by atoms with E-state index in [-0.39, 0.29) is 5.54 Å². The summed E-state index contributed by atoms with van der Waals surface area (Å²) in [6, 6.07) is 0. The summed E-state index contributed by atoms with van der Waals surface area (Å²) in [5.41, 5.74) is 5.99. The number of hydrogen-bond donors (Lipinski definition) is 1. The minimum absolute atomic E-state index is 0.105. The summed E-state index contributed by atoms with van der Waals surface area (Å²) in [4.78, 5) is 2.47. The molecule has 82 valence electrons. The van der Waals surface area contributed by atoms with E-state index in [4.69, 9.17) is 15.2 Å². The molecule has 2 aliphatic heterocycles. The summed E-state index contributed by atoms with van der Waals surface area (Å²) in [6.45, 7) is 6.17. The molecule has 2 heterocycles. The van der Waals surface area contributed by atoms with Crippen LogP contribution in [-0.4, -0.2) is 56.5 Å². The van der Waals surface area contributed by atoms with Gasteiger partial charge in [0.25, 0.3) is 0 Å². The standard InChI is InChI=1S/C10H20N2O2/c11-8-10(2-6-14-9-10)12-3-1-5-13-7-4-12/h1-9,11H2. The van der Waals surface area contributed by atoms with E-state index in [9.17, 15) is 0 Å². The van der Waals surface area contributed by atoms with Crippen LogP contribution in [0.5, 0.6) is 0 Å². The third kappa shape index (κ3) is 1.93. The van der Waals surface area contributed by atoms with Gasteiger partial charge in [-0.1, -0.05) is 0 Å². The molecule has 1 unspecified atom stereocenters. The number of ether oxygens (including phenoxy) is 2. The average Bonchev–Trinajstić information content (AvgIpc) is 2.54. The van der Waals surface area contributed by atoms with E-state index in [0.717, 1.165) is 52.4 Å². The SMILES string of the molecule is NCC1(N2CCCOCC2)CCOC1. The highest BCUT2D eigenvalue weighted by Crippen LogP contribution is 2.25. The summed E-state index contributed by atoms with van der Waals surface area (Å²) in [5.74, 6) is 0. The monoisotopic (exact) mass is 200 g/mol. The molecule has 0 aromatic carbocycles. The highest BCUT2D eigenvalue weighted by Gasteiger charge is 2.39. The van der Waals surface area contributed by atoms with Gasteiger partial charge in [0.1, 0.15) is 0 Å². The third-order valence-corrected chi connectivity index (χ3v) is 3.36. The summed E-state index contributed by atoms with van der Waals surface area (Å²) in [6.07, 6.45) is 2.19. The fraction of sp³-hybridized carbons (Fsp3) is 1.00. The van der Waals surface area contributed by atoms with Crippen molar-refractivity contribution < 1.29 is 9.47 Å². The van der Waals surface area contributed by atoms with Crippen LogP contribution < -0.4 is 5.73 Å². The van der Waals surface area contributed by atoms with Gasteiger partial charge in [-0.05, 0) is 12.8 Å². The molecule has 2 rings (SSSR count). The van der Waals surface area contributed by atoms with Crippen LogP contribution in [0.2, 0.25) is 0 Å². The molecule has 0 spiro atoms. The second-order valence-electron chi connectivity index (χ2n) is 4.18. The molecule has 2 fully saturated rings. The largest absolute Gasteiger partial charge is 0.380 e. The smallest absolute Gasteiger partial charge is 0.0663 e. The molecule has 2 saturated heterocycles. The van der Waals surface area contributed by atoms with Crippen LogP contribution >= 0.6 is 0 Å². The predicted octanol–water partition coefficient (Wildman–Crippen LogP) is -0.173. The molecule has 0 bridgehead atoms. The van der Waals surface area contributed by atoms with Crippen molar-refractivity contribution in [1.82, 2.24) is 4.90 Å². The van der Waals surface area contributed by atoms with Crippen LogP contribution in [0.4, 0.5) is 0 Å². The Labute approximate surface area is 85.3 Å². The lowest BCUT2D eigenvalue weighted by Crippen LogP contribution is -2.55. The minimum Gasteiger partial charge on any atom is -0.380 e. The van der Waals surface area contributed by atoms with Gasteiger partial charge >= 0.3 is 0 Å². The molecule has 0 amide bonds. The topological polar surface area (TPSA) is 47.7 Å². The van der Waals surface area contributed by atoms with Crippen molar-refractivity contribution in [2.24, 2.45) is 5.73 Å². The lowest BCUT2D eigenvalue weighted by atomic mass is 9.96. The first kappa shape index (κ1) is 10.4. The van der Waals surface area contributed by atoms with E-state index in [2.05, 4.69) is 4.90 Å². The summed E-state index contributed by atoms with van der Waals surface area (Å²) in [7, 11) is 0. The minimum atomic E-state index is 0.105. The Morgan fingerprint density at radius 3 is 2.79 bits per heavy atom. The quantitative estimate of drug-likeness (QED) is 0.672. The third-order valence-electron chi connectivity index (χ3n) is 3.36. The molecule has 0 aromatic rings. The van der Waals surface area contributed by atoms with Gasteiger partial charge in [-0.3, -0.25) is 4.90 Å². The van der Waals surface area contributed by atoms with E-state index in [0.29, 0.717) is 6.54 Å². The fourth-order valence-corrected chi connectivity index (χ4v) is 2.36. The Balaban J connectivity index is 2.01. The lowest BCUT2D eigenvalue weighted by Gasteiger charge is -2.38. The van der Waals surface area contributed by atoms with Crippen LogP contribution in [-0.2, 0) is 9.47 Å². The van der Waals surface area contributed by atoms with Crippen molar-refractivity contribution in [3.05, 3.63) is 0 Å². The maximum atomic E-state index is 5.89. The van der Waals surface area contributed by atoms with E-state index in [1.54, 1.807) is 0 Å². The van der Waals surface area contributed by atoms with Crippen molar-refractivity contribution in [2.45, 2.75) is 18.4 Å². The normalized spacial score (nSPS) is 35.8. The van der Waals surface area contributed by atoms with Gasteiger partial charge in [-0.15, -0.1) is 0 Å². The van der Waals surface area contributed by atoms with Gasteiger partial charge in [0, 0.05) is 32.8 Å². The first-order valence-corrected chi connectivity index (χ1v) is 5.48. The Morgan fingerprint density at radius 1 is 1.14 bits per heavy atom. The van der Waals surface area contributed by atoms with E-state index in [1.165, 1.54) is 0 Å². The van der Waals surface area contributed by atoms with Gasteiger partial charge < -0.3 is 15.2 Å². The predicted molar refractivity (Wildman–Crippen MR) is 54.2 cm³/mol. The highest BCUT2D eigenvalue weighted by molar-refractivity contribution is 4.95. The number of hydrogen-bond acceptors (Lipinski definition) is 4. The van der Waals surface area contributed by atoms with Gasteiger partial charge in [-0.2, -0.15) is 0 Å². The molecule has 4 nitrogen and oxygen atoms in total. The molecule has 1 atom stereocenters. The van der Waals surface area contributed by atoms with Gasteiger partial charge in [-0.25, -0.2) is 0 Å². The van der Waals surface area contributed by atoms with Crippen LogP contribution in [0.25, 0.3) is 0 Å². The maximum Gasteiger partial charge on any atom is 0.0663 e. The second-order valence-corrected chi connectivity index (χ2v) is 4.18. The van der Waals surface area contributed by atoms with Gasteiger partial charge in [0.2, 0.25) is 0 Å². The van der Waals surface area contributed by atoms with Crippen molar-refractivity contribution in [3.8, 4) is 0 Å². The molecule has 0 radical (unpaired) electrons. The van der Waals surface area contributed by atoms with Crippen LogP contribution in [0.15, 0.2) is 0 Å². The zero-order chi connectivity index (χ0) is 9.86. The molecule has 2 N–H and O–H groups in total. The Bertz CT molecular complexity index is 173. The van der Waals surface area contributed by atoms with Crippen molar-refractivity contribution in [1.29, 1.82) is 0 Å². The molecular formula is C10H20N2O2. The Hall–Kier alpha value is -0.160. The first-order valence-electron chi connectivity index (χ1n) is 5.48. The molecule has 14 heavy (non-hydrogen) atoms. The maximum absolute atomic E-state index is 5.89. The summed E-state index contributed by atoms with van der Waals surface area (Å²) in [5, 5.41) is 0. The Kier molecular flexibility index (Phi) is 3.38. The Morgan fingerprint density at radius 2 is 2.07 bits per heavy atom. The van der Waals surface area contributed by atoms with Crippen molar-refractivity contribution in [2.75, 3.05) is 46.1 Å². The van der Waals surface area contributed by atoms with Crippen LogP contribution in [0.3, 0.4) is 0 Å². The first-order chi connectivity index (χ1) is 6.87. The zero-order valence-electron chi connectivity index (χ0n) is 8.71. The molecular weight excluding hydrogens is 180 g/mol. The summed E-state index contributed by atoms with van der Waals surface area (Å²) < 4.78 is 10.9. The number of nitrogens with two attached hydrogens (primary N) is 1. The summed E-state index contributed by atoms with van der Waals surface area (Å²) >= 11 is 0. The molecule has 0 saturated carbocycles. The van der Waals surface area contributed by atoms with E-state index >= 15 is 0 Å². The lowest BCUT2D eigenvalue weighted by molar-refractivity contribution is 0.0658. The zero-order valence-corrected chi connectivity index (χ0v) is 8.71.